The minimum absolute atomic E-state index is 0.573. The molecule has 1 nitrogen and oxygen atoms in total. The zero-order valence-electron chi connectivity index (χ0n) is 7.19. The average Bonchev–Trinajstić information content (AvgIpc) is 2.30. The van der Waals surface area contributed by atoms with E-state index in [1.807, 2.05) is 18.2 Å². The topological polar surface area (TPSA) is 12.0 Å². The van der Waals surface area contributed by atoms with Crippen molar-refractivity contribution in [1.82, 2.24) is 5.32 Å². The summed E-state index contributed by atoms with van der Waals surface area (Å²) in [6.45, 7) is 1.51. The highest BCUT2D eigenvalue weighted by Crippen LogP contribution is 2.31. The quantitative estimate of drug-likeness (QED) is 0.739. The van der Waals surface area contributed by atoms with Gasteiger partial charge in [0.2, 0.25) is 0 Å². The van der Waals surface area contributed by atoms with Gasteiger partial charge in [0.05, 0.1) is 0 Å². The van der Waals surface area contributed by atoms with Crippen molar-refractivity contribution in [2.24, 2.45) is 0 Å². The van der Waals surface area contributed by atoms with Gasteiger partial charge in [-0.2, -0.15) is 0 Å². The lowest BCUT2D eigenvalue weighted by Crippen LogP contribution is -2.12. The fourth-order valence-corrected chi connectivity index (χ4v) is 2.17. The van der Waals surface area contributed by atoms with Crippen molar-refractivity contribution in [3.05, 3.63) is 33.8 Å². The van der Waals surface area contributed by atoms with E-state index in [1.165, 1.54) is 0 Å². The Kier molecular flexibility index (Phi) is 2.65. The Morgan fingerprint density at radius 2 is 2.31 bits per heavy atom. The van der Waals surface area contributed by atoms with E-state index < -0.39 is 6.17 Å². The van der Waals surface area contributed by atoms with E-state index in [2.05, 4.69) is 21.2 Å². The van der Waals surface area contributed by atoms with Gasteiger partial charge in [-0.1, -0.05) is 28.1 Å². The van der Waals surface area contributed by atoms with Gasteiger partial charge in [-0.3, -0.25) is 0 Å². The third kappa shape index (κ3) is 1.76. The van der Waals surface area contributed by atoms with E-state index in [1.54, 1.807) is 0 Å². The van der Waals surface area contributed by atoms with Crippen LogP contribution in [0.1, 0.15) is 23.7 Å². The Labute approximate surface area is 85.5 Å². The number of rotatable bonds is 0. The van der Waals surface area contributed by atoms with Crippen molar-refractivity contribution in [1.29, 1.82) is 0 Å². The van der Waals surface area contributed by atoms with Gasteiger partial charge in [0.25, 0.3) is 0 Å². The first-order valence-electron chi connectivity index (χ1n) is 4.41. The van der Waals surface area contributed by atoms with Crippen LogP contribution in [0.3, 0.4) is 0 Å². The van der Waals surface area contributed by atoms with Crippen LogP contribution >= 0.6 is 15.9 Å². The molecule has 0 saturated carbocycles. The van der Waals surface area contributed by atoms with Crippen molar-refractivity contribution >= 4 is 15.9 Å². The van der Waals surface area contributed by atoms with Crippen LogP contribution in [0.2, 0.25) is 0 Å². The second-order valence-electron chi connectivity index (χ2n) is 3.24. The minimum atomic E-state index is -0.817. The molecular weight excluding hydrogens is 233 g/mol. The van der Waals surface area contributed by atoms with Gasteiger partial charge < -0.3 is 5.32 Å². The number of alkyl halides is 1. The third-order valence-corrected chi connectivity index (χ3v) is 3.11. The Hall–Kier alpha value is -0.410. The number of nitrogens with one attached hydrogen (secondary N) is 1. The van der Waals surface area contributed by atoms with E-state index in [0.717, 1.165) is 28.7 Å². The molecule has 3 heteroatoms. The van der Waals surface area contributed by atoms with Crippen LogP contribution in [0.15, 0.2) is 22.7 Å². The summed E-state index contributed by atoms with van der Waals surface area (Å²) >= 11 is 3.44. The van der Waals surface area contributed by atoms with Crippen LogP contribution in [0.25, 0.3) is 0 Å². The maximum atomic E-state index is 13.6. The van der Waals surface area contributed by atoms with Crippen LogP contribution in [0, 0.1) is 0 Å². The van der Waals surface area contributed by atoms with Crippen LogP contribution in [-0.4, -0.2) is 6.54 Å². The Balaban J connectivity index is 2.47. The number of hydrogen-bond donors (Lipinski definition) is 1. The molecule has 1 aromatic rings. The van der Waals surface area contributed by atoms with E-state index in [9.17, 15) is 4.39 Å². The van der Waals surface area contributed by atoms with Crippen molar-refractivity contribution < 1.29 is 4.39 Å². The average molecular weight is 244 g/mol. The molecule has 1 N–H and O–H groups in total. The SMILES string of the molecule is FC1CCNCc2c(Br)cccc21. The molecule has 0 aromatic heterocycles. The maximum Gasteiger partial charge on any atom is 0.127 e. The molecule has 2 rings (SSSR count). The smallest absolute Gasteiger partial charge is 0.127 e. The normalized spacial score (nSPS) is 22.2. The molecule has 13 heavy (non-hydrogen) atoms. The second-order valence-corrected chi connectivity index (χ2v) is 4.09. The number of hydrogen-bond acceptors (Lipinski definition) is 1. The summed E-state index contributed by atoms with van der Waals surface area (Å²) in [7, 11) is 0. The molecule has 0 radical (unpaired) electrons. The molecule has 0 bridgehead atoms. The summed E-state index contributed by atoms with van der Waals surface area (Å²) in [4.78, 5) is 0. The lowest BCUT2D eigenvalue weighted by atomic mass is 10.0. The van der Waals surface area contributed by atoms with Gasteiger partial charge in [0.15, 0.2) is 0 Å². The summed E-state index contributed by atoms with van der Waals surface area (Å²) in [5, 5.41) is 3.20. The third-order valence-electron chi connectivity index (χ3n) is 2.37. The zero-order valence-corrected chi connectivity index (χ0v) is 8.77. The first kappa shape index (κ1) is 9.16. The molecule has 1 atom stereocenters. The predicted octanol–water partition coefficient (Wildman–Crippen LogP) is 2.95. The monoisotopic (exact) mass is 243 g/mol. The van der Waals surface area contributed by atoms with Gasteiger partial charge >= 0.3 is 0 Å². The first-order chi connectivity index (χ1) is 6.29. The summed E-state index contributed by atoms with van der Waals surface area (Å²) in [6.07, 6.45) is -0.244. The van der Waals surface area contributed by atoms with Gasteiger partial charge in [-0.05, 0) is 30.2 Å². The van der Waals surface area contributed by atoms with Crippen LogP contribution in [0.4, 0.5) is 4.39 Å². The molecule has 0 saturated heterocycles. The fraction of sp³-hybridized carbons (Fsp3) is 0.400. The summed E-state index contributed by atoms with van der Waals surface area (Å²) < 4.78 is 14.6. The molecule has 1 heterocycles. The molecule has 0 aliphatic carbocycles. The lowest BCUT2D eigenvalue weighted by Gasteiger charge is -2.09. The lowest BCUT2D eigenvalue weighted by molar-refractivity contribution is 0.326. The standard InChI is InChI=1S/C10H11BrFN/c11-9-3-1-2-7-8(9)6-13-5-4-10(7)12/h1-3,10,13H,4-6H2. The molecule has 1 aliphatic rings. The van der Waals surface area contributed by atoms with Gasteiger partial charge in [-0.25, -0.2) is 4.39 Å². The number of fused-ring (bicyclic) bond motifs is 1. The summed E-state index contributed by atoms with van der Waals surface area (Å²) in [6, 6.07) is 5.72. The Bertz CT molecular complexity index is 314. The van der Waals surface area contributed by atoms with E-state index in [4.69, 9.17) is 0 Å². The molecule has 0 fully saturated rings. The maximum absolute atomic E-state index is 13.6. The van der Waals surface area contributed by atoms with E-state index in [0.29, 0.717) is 6.42 Å². The molecule has 1 unspecified atom stereocenters. The zero-order chi connectivity index (χ0) is 9.26. The molecule has 0 amide bonds. The van der Waals surface area contributed by atoms with Crippen molar-refractivity contribution in [2.45, 2.75) is 19.1 Å². The number of halogens is 2. The Morgan fingerprint density at radius 3 is 3.15 bits per heavy atom. The van der Waals surface area contributed by atoms with Crippen LogP contribution in [-0.2, 0) is 6.54 Å². The highest BCUT2D eigenvalue weighted by Gasteiger charge is 2.18. The van der Waals surface area contributed by atoms with Gasteiger partial charge in [0, 0.05) is 11.0 Å². The van der Waals surface area contributed by atoms with E-state index in [-0.39, 0.29) is 0 Å². The highest BCUT2D eigenvalue weighted by atomic mass is 79.9. The molecule has 1 aliphatic heterocycles. The molecular formula is C10H11BrFN. The second kappa shape index (κ2) is 3.76. The number of benzene rings is 1. The largest absolute Gasteiger partial charge is 0.313 e. The summed E-state index contributed by atoms with van der Waals surface area (Å²) in [5.74, 6) is 0. The minimum Gasteiger partial charge on any atom is -0.313 e. The van der Waals surface area contributed by atoms with Crippen molar-refractivity contribution in [2.75, 3.05) is 6.54 Å². The Morgan fingerprint density at radius 1 is 1.46 bits per heavy atom. The highest BCUT2D eigenvalue weighted by molar-refractivity contribution is 9.10. The van der Waals surface area contributed by atoms with E-state index >= 15 is 0 Å². The van der Waals surface area contributed by atoms with Crippen LogP contribution < -0.4 is 5.32 Å². The molecule has 0 spiro atoms. The molecule has 70 valence electrons. The van der Waals surface area contributed by atoms with Crippen molar-refractivity contribution in [3.63, 3.8) is 0 Å². The van der Waals surface area contributed by atoms with Crippen molar-refractivity contribution in [3.8, 4) is 0 Å². The van der Waals surface area contributed by atoms with Gasteiger partial charge in [0.1, 0.15) is 6.17 Å². The molecule has 1 aromatic carbocycles. The van der Waals surface area contributed by atoms with Crippen LogP contribution in [0.5, 0.6) is 0 Å². The fourth-order valence-electron chi connectivity index (χ4n) is 1.65. The summed E-state index contributed by atoms with van der Waals surface area (Å²) in [5.41, 5.74) is 1.90. The predicted molar refractivity (Wildman–Crippen MR) is 54.3 cm³/mol. The first-order valence-corrected chi connectivity index (χ1v) is 5.20. The van der Waals surface area contributed by atoms with Gasteiger partial charge in [-0.15, -0.1) is 0 Å².